The van der Waals surface area contributed by atoms with E-state index in [1.165, 1.54) is 19.3 Å². The Hall–Kier alpha value is -1.22. The number of aromatic nitrogens is 2. The fourth-order valence-electron chi connectivity index (χ4n) is 2.73. The molecule has 3 rings (SSSR count). The van der Waals surface area contributed by atoms with Gasteiger partial charge in [0, 0.05) is 11.1 Å². The van der Waals surface area contributed by atoms with Gasteiger partial charge in [0.1, 0.15) is 0 Å². The lowest BCUT2D eigenvalue weighted by atomic mass is 10.1. The summed E-state index contributed by atoms with van der Waals surface area (Å²) in [5.41, 5.74) is 9.18. The van der Waals surface area contributed by atoms with E-state index >= 15 is 0 Å². The molecular formula is C14H18ClN3. The van der Waals surface area contributed by atoms with E-state index in [-0.39, 0.29) is 0 Å². The first-order chi connectivity index (χ1) is 8.58. The summed E-state index contributed by atoms with van der Waals surface area (Å²) >= 11 is 6.21. The number of hydrogen-bond acceptors (Lipinski definition) is 2. The Morgan fingerprint density at radius 3 is 2.89 bits per heavy atom. The van der Waals surface area contributed by atoms with Gasteiger partial charge in [-0.25, -0.2) is 4.98 Å². The van der Waals surface area contributed by atoms with Gasteiger partial charge in [-0.05, 0) is 43.9 Å². The number of nitrogen functional groups attached to an aromatic ring is 1. The molecule has 2 aromatic rings. The van der Waals surface area contributed by atoms with Gasteiger partial charge in [0.15, 0.2) is 0 Å². The number of fused-ring (bicyclic) bond motifs is 1. The molecule has 1 saturated carbocycles. The Bertz CT molecular complexity index is 599. The van der Waals surface area contributed by atoms with Crippen LogP contribution >= 0.6 is 11.6 Å². The van der Waals surface area contributed by atoms with Crippen molar-refractivity contribution in [1.82, 2.24) is 9.55 Å². The molecule has 2 N–H and O–H groups in total. The van der Waals surface area contributed by atoms with Crippen LogP contribution in [0.2, 0.25) is 5.02 Å². The van der Waals surface area contributed by atoms with Crippen LogP contribution < -0.4 is 5.73 Å². The minimum Gasteiger partial charge on any atom is -0.369 e. The number of rotatable bonds is 3. The molecule has 96 valence electrons. The summed E-state index contributed by atoms with van der Waals surface area (Å²) in [5.74, 6) is 1.47. The number of halogens is 1. The second-order valence-electron chi connectivity index (χ2n) is 5.41. The number of anilines is 1. The van der Waals surface area contributed by atoms with Crippen LogP contribution in [0, 0.1) is 12.8 Å². The second-order valence-corrected chi connectivity index (χ2v) is 5.82. The van der Waals surface area contributed by atoms with Crippen molar-refractivity contribution >= 4 is 28.6 Å². The highest BCUT2D eigenvalue weighted by Gasteiger charge is 2.26. The number of hydrogen-bond donors (Lipinski definition) is 1. The summed E-state index contributed by atoms with van der Waals surface area (Å²) in [6.07, 6.45) is 3.90. The van der Waals surface area contributed by atoms with E-state index in [0.29, 0.717) is 12.0 Å². The summed E-state index contributed by atoms with van der Waals surface area (Å²) in [6.45, 7) is 4.25. The smallest absolute Gasteiger partial charge is 0.201 e. The summed E-state index contributed by atoms with van der Waals surface area (Å²) in [4.78, 5) is 4.45. The molecule has 1 heterocycles. The van der Waals surface area contributed by atoms with Gasteiger partial charge in [0.2, 0.25) is 5.95 Å². The first kappa shape index (κ1) is 11.8. The molecular weight excluding hydrogens is 246 g/mol. The van der Waals surface area contributed by atoms with Gasteiger partial charge in [0.25, 0.3) is 0 Å². The number of nitrogens with zero attached hydrogens (tertiary/aromatic N) is 2. The Morgan fingerprint density at radius 2 is 2.22 bits per heavy atom. The van der Waals surface area contributed by atoms with Crippen LogP contribution in [0.1, 0.15) is 37.8 Å². The highest BCUT2D eigenvalue weighted by Crippen LogP contribution is 2.39. The molecule has 0 radical (unpaired) electrons. The Kier molecular flexibility index (Phi) is 2.74. The lowest BCUT2D eigenvalue weighted by molar-refractivity contribution is 0.492. The molecule has 0 bridgehead atoms. The van der Waals surface area contributed by atoms with Gasteiger partial charge < -0.3 is 10.3 Å². The third-order valence-electron chi connectivity index (χ3n) is 3.88. The highest BCUT2D eigenvalue weighted by atomic mass is 35.5. The predicted octanol–water partition coefficient (Wildman–Crippen LogP) is 3.94. The van der Waals surface area contributed by atoms with Crippen molar-refractivity contribution in [3.8, 4) is 0 Å². The standard InChI is InChI=1S/C14H18ClN3/c1-8(7-10-3-4-10)18-13-9(2)11(15)5-6-12(13)17-14(18)16/h5-6,8,10H,3-4,7H2,1-2H3,(H2,16,17). The molecule has 1 fully saturated rings. The Balaban J connectivity index is 2.13. The zero-order chi connectivity index (χ0) is 12.9. The van der Waals surface area contributed by atoms with Crippen molar-refractivity contribution in [2.24, 2.45) is 5.92 Å². The minimum atomic E-state index is 0.389. The highest BCUT2D eigenvalue weighted by molar-refractivity contribution is 6.32. The Labute approximate surface area is 112 Å². The topological polar surface area (TPSA) is 43.8 Å². The van der Waals surface area contributed by atoms with Gasteiger partial charge in [-0.2, -0.15) is 0 Å². The van der Waals surface area contributed by atoms with Crippen LogP contribution in [0.25, 0.3) is 11.0 Å². The van der Waals surface area contributed by atoms with Gasteiger partial charge in [0.05, 0.1) is 11.0 Å². The van der Waals surface area contributed by atoms with Gasteiger partial charge in [-0.15, -0.1) is 0 Å². The molecule has 4 heteroatoms. The molecule has 1 aliphatic carbocycles. The number of benzene rings is 1. The monoisotopic (exact) mass is 263 g/mol. The van der Waals surface area contributed by atoms with Crippen LogP contribution in [-0.4, -0.2) is 9.55 Å². The summed E-state index contributed by atoms with van der Waals surface area (Å²) in [5, 5.41) is 0.780. The zero-order valence-corrected chi connectivity index (χ0v) is 11.5. The van der Waals surface area contributed by atoms with Gasteiger partial charge >= 0.3 is 0 Å². The van der Waals surface area contributed by atoms with Crippen LogP contribution in [0.4, 0.5) is 5.95 Å². The maximum atomic E-state index is 6.21. The molecule has 1 unspecified atom stereocenters. The third kappa shape index (κ3) is 1.87. The van der Waals surface area contributed by atoms with Gasteiger partial charge in [-0.3, -0.25) is 0 Å². The first-order valence-corrected chi connectivity index (χ1v) is 6.88. The van der Waals surface area contributed by atoms with E-state index in [2.05, 4.69) is 16.5 Å². The number of imidazole rings is 1. The van der Waals surface area contributed by atoms with Crippen LogP contribution in [0.5, 0.6) is 0 Å². The summed E-state index contributed by atoms with van der Waals surface area (Å²) < 4.78 is 2.15. The van der Waals surface area contributed by atoms with Crippen molar-refractivity contribution in [1.29, 1.82) is 0 Å². The fraction of sp³-hybridized carbons (Fsp3) is 0.500. The molecule has 18 heavy (non-hydrogen) atoms. The Morgan fingerprint density at radius 1 is 1.50 bits per heavy atom. The maximum Gasteiger partial charge on any atom is 0.201 e. The average molecular weight is 264 g/mol. The van der Waals surface area contributed by atoms with Crippen LogP contribution in [0.3, 0.4) is 0 Å². The fourth-order valence-corrected chi connectivity index (χ4v) is 2.89. The van der Waals surface area contributed by atoms with Crippen molar-refractivity contribution < 1.29 is 0 Å². The number of nitrogens with two attached hydrogens (primary N) is 1. The van der Waals surface area contributed by atoms with Crippen molar-refractivity contribution in [2.75, 3.05) is 5.73 Å². The predicted molar refractivity (Wildman–Crippen MR) is 75.9 cm³/mol. The molecule has 1 aromatic carbocycles. The van der Waals surface area contributed by atoms with Crippen molar-refractivity contribution in [3.63, 3.8) is 0 Å². The lowest BCUT2D eigenvalue weighted by Crippen LogP contribution is -2.10. The van der Waals surface area contributed by atoms with Crippen molar-refractivity contribution in [2.45, 2.75) is 39.2 Å². The van der Waals surface area contributed by atoms with E-state index in [0.717, 1.165) is 27.5 Å². The SMILES string of the molecule is Cc1c(Cl)ccc2nc(N)n(C(C)CC3CC3)c12. The third-order valence-corrected chi connectivity index (χ3v) is 4.29. The molecule has 0 aliphatic heterocycles. The van der Waals surface area contributed by atoms with E-state index in [1.807, 2.05) is 19.1 Å². The van der Waals surface area contributed by atoms with E-state index in [4.69, 9.17) is 17.3 Å². The van der Waals surface area contributed by atoms with E-state index < -0.39 is 0 Å². The number of aryl methyl sites for hydroxylation is 1. The largest absolute Gasteiger partial charge is 0.369 e. The van der Waals surface area contributed by atoms with Crippen molar-refractivity contribution in [3.05, 3.63) is 22.7 Å². The lowest BCUT2D eigenvalue weighted by Gasteiger charge is -2.17. The second kappa shape index (κ2) is 4.16. The minimum absolute atomic E-state index is 0.389. The zero-order valence-electron chi connectivity index (χ0n) is 10.8. The van der Waals surface area contributed by atoms with E-state index in [9.17, 15) is 0 Å². The maximum absolute atomic E-state index is 6.21. The summed E-state index contributed by atoms with van der Waals surface area (Å²) in [7, 11) is 0. The summed E-state index contributed by atoms with van der Waals surface area (Å²) in [6, 6.07) is 4.22. The average Bonchev–Trinajstić information content (AvgIpc) is 3.05. The normalized spacial score (nSPS) is 17.3. The van der Waals surface area contributed by atoms with Crippen LogP contribution in [-0.2, 0) is 0 Å². The quantitative estimate of drug-likeness (QED) is 0.911. The molecule has 0 amide bonds. The molecule has 1 aliphatic rings. The molecule has 0 spiro atoms. The molecule has 3 nitrogen and oxygen atoms in total. The molecule has 0 saturated heterocycles. The molecule has 1 atom stereocenters. The first-order valence-electron chi connectivity index (χ1n) is 6.50. The van der Waals surface area contributed by atoms with Crippen LogP contribution in [0.15, 0.2) is 12.1 Å². The van der Waals surface area contributed by atoms with E-state index in [1.54, 1.807) is 0 Å². The molecule has 1 aromatic heterocycles. The van der Waals surface area contributed by atoms with Gasteiger partial charge in [-0.1, -0.05) is 24.4 Å².